The number of hydroxylamine groups is 5. The molecule has 0 spiro atoms. The molecule has 11 amide bonds. The fourth-order valence-corrected chi connectivity index (χ4v) is 16.0. The van der Waals surface area contributed by atoms with Gasteiger partial charge in [-0.05, 0) is 234 Å². The van der Waals surface area contributed by atoms with Crippen LogP contribution in [0.3, 0.4) is 0 Å². The average Bonchev–Trinajstić information content (AvgIpc) is 0.978. The Morgan fingerprint density at radius 2 is 0.802 bits per heavy atom. The molecule has 0 aliphatic carbocycles. The summed E-state index contributed by atoms with van der Waals surface area (Å²) in [6.07, 6.45) is 11.1. The molecule has 654 valence electrons. The number of nitrogens with one attached hydrogen (secondary N) is 6. The number of nitrogens with zero attached hydrogens (tertiary/aromatic N) is 8. The minimum atomic E-state index is -0.552. The summed E-state index contributed by atoms with van der Waals surface area (Å²) >= 11 is 0. The first kappa shape index (κ1) is 91.0. The molecule has 0 unspecified atom stereocenters. The molecule has 0 saturated carbocycles. The maximum Gasteiger partial charge on any atom is 0.274 e. The summed E-state index contributed by atoms with van der Waals surface area (Å²) < 4.78 is 9.21. The first-order chi connectivity index (χ1) is 60.8. The smallest absolute Gasteiger partial charge is 0.274 e. The molecule has 11 aromatic rings. The van der Waals surface area contributed by atoms with Crippen molar-refractivity contribution in [1.29, 1.82) is 0 Å². The Morgan fingerprint density at radius 1 is 0.413 bits per heavy atom. The highest BCUT2D eigenvalue weighted by atomic mass is 16.5. The molecule has 11 N–H and O–H groups in total. The van der Waals surface area contributed by atoms with Gasteiger partial charge in [-0.3, -0.25) is 78.8 Å². The second-order valence-electron chi connectivity index (χ2n) is 31.8. The van der Waals surface area contributed by atoms with Crippen molar-refractivity contribution in [2.24, 2.45) is 5.92 Å². The largest absolute Gasteiger partial charge is 0.361 e. The third-order valence-electron chi connectivity index (χ3n) is 22.9. The van der Waals surface area contributed by atoms with Gasteiger partial charge in [0, 0.05) is 154 Å². The highest BCUT2D eigenvalue weighted by Gasteiger charge is 2.32. The van der Waals surface area contributed by atoms with Crippen molar-refractivity contribution in [3.05, 3.63) is 318 Å². The predicted molar refractivity (Wildman–Crippen MR) is 463 cm³/mol. The third kappa shape index (κ3) is 23.2. The summed E-state index contributed by atoms with van der Waals surface area (Å²) in [6, 6.07) is 57.2. The fraction of sp³-hybridized carbons (Fsp3) is 0.284. The van der Waals surface area contributed by atoms with Gasteiger partial charge in [0.1, 0.15) is 11.8 Å². The summed E-state index contributed by atoms with van der Waals surface area (Å²) in [4.78, 5) is 141. The Kier molecular flexibility index (Phi) is 30.8. The summed E-state index contributed by atoms with van der Waals surface area (Å²) in [5, 5.41) is 51.5. The molecule has 0 bridgehead atoms. The lowest BCUT2D eigenvalue weighted by Crippen LogP contribution is -2.49. The minimum absolute atomic E-state index is 0.00289. The van der Waals surface area contributed by atoms with Crippen molar-refractivity contribution in [1.82, 2.24) is 71.5 Å². The van der Waals surface area contributed by atoms with Crippen LogP contribution in [0.5, 0.6) is 0 Å². The third-order valence-corrected chi connectivity index (χ3v) is 22.9. The van der Waals surface area contributed by atoms with Crippen LogP contribution < -0.4 is 32.7 Å². The predicted octanol–water partition coefficient (Wildman–Crippen LogP) is 10.2. The number of aromatic nitrogens is 3. The van der Waals surface area contributed by atoms with Crippen LogP contribution in [0.4, 0.5) is 0 Å². The highest BCUT2D eigenvalue weighted by molar-refractivity contribution is 5.97. The number of carbonyl (C=O) groups is 11. The Morgan fingerprint density at radius 3 is 1.22 bits per heavy atom. The minimum Gasteiger partial charge on any atom is -0.361 e. The first-order valence-corrected chi connectivity index (χ1v) is 41.5. The van der Waals surface area contributed by atoms with E-state index < -0.39 is 35.6 Å². The van der Waals surface area contributed by atoms with E-state index in [1.165, 1.54) is 12.3 Å². The topological polar surface area (TPSA) is 413 Å². The van der Waals surface area contributed by atoms with Gasteiger partial charge in [-0.15, -0.1) is 0 Å². The Balaban J connectivity index is 0.000000143. The van der Waals surface area contributed by atoms with E-state index in [1.54, 1.807) is 104 Å². The van der Waals surface area contributed by atoms with Crippen LogP contribution in [0.1, 0.15) is 174 Å². The number of benzene rings is 8. The molecule has 16 rings (SSSR count). The Labute approximate surface area is 727 Å². The number of hydrogen-bond acceptors (Lipinski definition) is 18. The number of para-hydroxylation sites is 1. The zero-order chi connectivity index (χ0) is 89.7. The first-order valence-electron chi connectivity index (χ1n) is 41.5. The van der Waals surface area contributed by atoms with Crippen LogP contribution >= 0.6 is 0 Å². The summed E-state index contributed by atoms with van der Waals surface area (Å²) in [5.74, 6) is -1.69. The lowest BCUT2D eigenvalue weighted by Gasteiger charge is -2.32. The average molecular weight is 1710 g/mol. The normalized spacial score (nSPS) is 13.6. The number of hydrogen-bond donors (Lipinski definition) is 11. The second kappa shape index (κ2) is 42.7. The molecule has 126 heavy (non-hydrogen) atoms. The zero-order valence-corrected chi connectivity index (χ0v) is 70.6. The van der Waals surface area contributed by atoms with E-state index in [4.69, 9.17) is 30.6 Å². The zero-order valence-electron chi connectivity index (χ0n) is 70.6. The molecule has 8 aromatic carbocycles. The SMILES string of the molecule is CC(=O)N[C@H](CC(C)C)C(=O)N1CCc2cc(C(=O)NO)ccc2C1.Cc1noc(C)c1CC(=O)N1CCc2cc(C(=O)NO)ccc2C1.O=C(NO)c1ccc2c(c1)CCN(C(=O)CCn1ccc3ccccc31)C2.O=C(NO)c1ccc2c(c1)CCN(C(=O)Cc1ccccc1)C2.O=C(NO)c1ccc2c(c1)CCN(C(=O)c1ccc(-n3cccc3)cc1)C2. The second-order valence-corrected chi connectivity index (χ2v) is 31.8. The number of fused-ring (bicyclic) bond motifs is 6. The Bertz CT molecular complexity index is 5790. The van der Waals surface area contributed by atoms with E-state index in [0.29, 0.717) is 162 Å². The molecule has 31 heteroatoms. The number of rotatable bonds is 18. The quantitative estimate of drug-likeness (QED) is 0.0281. The molecule has 5 aliphatic rings. The summed E-state index contributed by atoms with van der Waals surface area (Å²) in [6.45, 7) is 15.3. The van der Waals surface area contributed by atoms with E-state index >= 15 is 0 Å². The van der Waals surface area contributed by atoms with Gasteiger partial charge in [-0.2, -0.15) is 0 Å². The molecule has 5 aliphatic heterocycles. The molecular formula is C95H102N14O17. The van der Waals surface area contributed by atoms with Gasteiger partial charge in [-0.1, -0.05) is 97.9 Å². The van der Waals surface area contributed by atoms with Crippen molar-refractivity contribution in [3.63, 3.8) is 0 Å². The molecule has 8 heterocycles. The van der Waals surface area contributed by atoms with E-state index in [-0.39, 0.29) is 47.8 Å². The van der Waals surface area contributed by atoms with Gasteiger partial charge in [0.25, 0.3) is 35.4 Å². The van der Waals surface area contributed by atoms with Crippen LogP contribution in [0.2, 0.25) is 0 Å². The standard InChI is InChI=1S/C21H19N3O3.C21H21N3O3.C18H25N3O4.C18H18N2O3.C17H19N3O4/c25-20(22-27)17-3-4-18-14-24(12-9-16(18)13-17)21(26)15-5-7-19(8-6-15)23-10-1-2-11-23;25-20(9-12-23-10-7-15-3-1-2-4-19(15)23)24-11-8-16-13-17(21(26)22-27)5-6-18(16)14-24;1-11(2)8-16(19-12(3)22)18(24)21-7-6-13-9-14(17(23)20-25)4-5-15(13)10-21;21-17(10-13-4-2-1-3-5-13)20-9-8-14-11-15(18(22)19-23)6-7-16(14)12-20;1-10-15(11(2)24-19-10)8-16(21)20-6-5-12-7-13(17(22)18-23)3-4-14(12)9-20/h1-8,10-11,13,27H,9,12,14H2,(H,22,25);1-7,10,13,27H,8-9,11-12,14H2,(H,22,26);4-5,9,11,16,25H,6-8,10H2,1-3H3,(H,19,22)(H,20,23);1-7,11,23H,8-10,12H2,(H,19,22);3-4,7,23H,5-6,8-9H2,1-2H3,(H,18,22)/t;;16-;;/m..1../s1. The van der Waals surface area contributed by atoms with Crippen molar-refractivity contribution in [2.45, 2.75) is 138 Å². The monoisotopic (exact) mass is 1710 g/mol. The molecule has 31 nitrogen and oxygen atoms in total. The van der Waals surface area contributed by atoms with Gasteiger partial charge in [0.15, 0.2) is 0 Å². The highest BCUT2D eigenvalue weighted by Crippen LogP contribution is 2.29. The van der Waals surface area contributed by atoms with Gasteiger partial charge >= 0.3 is 0 Å². The lowest BCUT2D eigenvalue weighted by molar-refractivity contribution is -0.137. The van der Waals surface area contributed by atoms with E-state index in [2.05, 4.69) is 33.2 Å². The Hall–Kier alpha value is -14.2. The van der Waals surface area contributed by atoms with Gasteiger partial charge in [0.2, 0.25) is 29.5 Å². The van der Waals surface area contributed by atoms with Gasteiger partial charge in [0.05, 0.1) is 18.5 Å². The lowest BCUT2D eigenvalue weighted by atomic mass is 9.95. The number of aryl methyl sites for hydroxylation is 3. The van der Waals surface area contributed by atoms with E-state index in [0.717, 1.165) is 83.7 Å². The van der Waals surface area contributed by atoms with Crippen LogP contribution in [0, 0.1) is 19.8 Å². The maximum absolute atomic E-state index is 12.9. The van der Waals surface area contributed by atoms with Crippen molar-refractivity contribution < 1.29 is 83.3 Å². The molecule has 3 aromatic heterocycles. The van der Waals surface area contributed by atoms with Crippen molar-refractivity contribution in [2.75, 3.05) is 32.7 Å². The van der Waals surface area contributed by atoms with Crippen LogP contribution in [-0.2, 0) is 108 Å². The van der Waals surface area contributed by atoms with E-state index in [1.807, 2.05) is 169 Å². The maximum atomic E-state index is 12.9. The van der Waals surface area contributed by atoms with Crippen LogP contribution in [0.15, 0.2) is 211 Å². The molecule has 0 radical (unpaired) electrons. The summed E-state index contributed by atoms with van der Waals surface area (Å²) in [7, 11) is 0. The van der Waals surface area contributed by atoms with Crippen LogP contribution in [0.25, 0.3) is 16.6 Å². The number of carbonyl (C=O) groups excluding carboxylic acids is 11. The summed E-state index contributed by atoms with van der Waals surface area (Å²) in [5.41, 5.74) is 25.9. The number of amides is 11. The fourth-order valence-electron chi connectivity index (χ4n) is 16.0. The van der Waals surface area contributed by atoms with Gasteiger partial charge < -0.3 is 43.5 Å². The van der Waals surface area contributed by atoms with Crippen LogP contribution in [-0.4, -0.2) is 169 Å². The molecule has 0 saturated heterocycles. The van der Waals surface area contributed by atoms with Gasteiger partial charge in [-0.25, -0.2) is 27.4 Å². The van der Waals surface area contributed by atoms with E-state index in [9.17, 15) is 52.7 Å². The van der Waals surface area contributed by atoms with Crippen molar-refractivity contribution in [3.8, 4) is 5.69 Å². The van der Waals surface area contributed by atoms with Crippen molar-refractivity contribution >= 4 is 75.9 Å². The molecule has 1 atom stereocenters. The molecular weight excluding hydrogens is 1610 g/mol. The molecule has 0 fully saturated rings.